The Kier molecular flexibility index (Phi) is 4.91. The molecule has 3 fully saturated rings. The predicted octanol–water partition coefficient (Wildman–Crippen LogP) is 2.04. The Labute approximate surface area is 185 Å². The Morgan fingerprint density at radius 3 is 2.67 bits per heavy atom. The molecule has 3 N–H and O–H groups in total. The number of quaternary nitrogens is 1. The molecule has 5 rings (SSSR count). The third kappa shape index (κ3) is 2.58. The quantitative estimate of drug-likeness (QED) is 0.690. The fourth-order valence-electron chi connectivity index (χ4n) is 6.21. The molecule has 0 radical (unpaired) electrons. The molecule has 3 amide bonds. The number of imide groups is 1. The van der Waals surface area contributed by atoms with Crippen LogP contribution in [0.25, 0.3) is 0 Å². The zero-order valence-corrected chi connectivity index (χ0v) is 18.8. The zero-order chi connectivity index (χ0) is 21.2. The largest absolute Gasteiger partial charge is 0.326 e. The van der Waals surface area contributed by atoms with Crippen LogP contribution in [0.3, 0.4) is 0 Å². The van der Waals surface area contributed by atoms with Gasteiger partial charge in [-0.25, -0.2) is 0 Å². The Hall–Kier alpha value is -1.57. The highest BCUT2D eigenvalue weighted by Crippen LogP contribution is 2.51. The number of nitrogens with zero attached hydrogens (tertiary/aromatic N) is 1. The van der Waals surface area contributed by atoms with Crippen molar-refractivity contribution in [2.45, 2.75) is 56.7 Å². The van der Waals surface area contributed by atoms with Gasteiger partial charge in [0, 0.05) is 23.0 Å². The smallest absolute Gasteiger partial charge is 0.291 e. The number of thioether (sulfide) groups is 1. The first-order valence-electron chi connectivity index (χ1n) is 10.7. The molecule has 3 heterocycles. The Balaban J connectivity index is 1.64. The minimum atomic E-state index is -1.08. The molecule has 160 valence electrons. The van der Waals surface area contributed by atoms with E-state index in [1.165, 1.54) is 4.90 Å². The van der Waals surface area contributed by atoms with Gasteiger partial charge in [-0.1, -0.05) is 24.4 Å². The van der Waals surface area contributed by atoms with Crippen LogP contribution in [-0.4, -0.2) is 46.7 Å². The van der Waals surface area contributed by atoms with Crippen LogP contribution < -0.4 is 10.6 Å². The van der Waals surface area contributed by atoms with Crippen molar-refractivity contribution >= 4 is 46.8 Å². The molecule has 2 saturated heterocycles. The van der Waals surface area contributed by atoms with Gasteiger partial charge in [0.25, 0.3) is 5.91 Å². The van der Waals surface area contributed by atoms with Gasteiger partial charge in [0.05, 0.1) is 5.69 Å². The van der Waals surface area contributed by atoms with E-state index in [0.29, 0.717) is 10.7 Å². The van der Waals surface area contributed by atoms with E-state index in [9.17, 15) is 14.4 Å². The topological polar surface area (TPSA) is 83.1 Å². The number of carbonyl (C=O) groups is 3. The molecule has 0 bridgehead atoms. The van der Waals surface area contributed by atoms with Crippen molar-refractivity contribution in [1.82, 2.24) is 4.90 Å². The van der Waals surface area contributed by atoms with Gasteiger partial charge < -0.3 is 10.6 Å². The van der Waals surface area contributed by atoms with Crippen LogP contribution in [0.5, 0.6) is 0 Å². The molecule has 4 aliphatic rings. The molecule has 4 atom stereocenters. The number of nitrogens with one attached hydrogen (secondary N) is 1. The van der Waals surface area contributed by atoms with E-state index in [2.05, 4.69) is 5.32 Å². The lowest BCUT2D eigenvalue weighted by Crippen LogP contribution is -2.99. The number of carbonyl (C=O) groups excluding carboxylic acids is 3. The summed E-state index contributed by atoms with van der Waals surface area (Å²) >= 11 is 8.04. The summed E-state index contributed by atoms with van der Waals surface area (Å²) in [5.74, 6) is -0.630. The normalized spacial score (nSPS) is 33.0. The van der Waals surface area contributed by atoms with Crippen LogP contribution in [0.1, 0.15) is 43.2 Å². The molecule has 0 unspecified atom stereocenters. The highest BCUT2D eigenvalue weighted by molar-refractivity contribution is 7.98. The van der Waals surface area contributed by atoms with Crippen LogP contribution in [0.4, 0.5) is 5.69 Å². The Bertz CT molecular complexity index is 948. The van der Waals surface area contributed by atoms with Crippen LogP contribution in [0.15, 0.2) is 12.1 Å². The number of nitrogens with two attached hydrogens (primary N) is 1. The minimum Gasteiger partial charge on any atom is -0.326 e. The number of likely N-dealkylation sites (tertiary alicyclic amines) is 1. The molecular weight excluding hydrogens is 422 g/mol. The lowest BCUT2D eigenvalue weighted by atomic mass is 9.76. The van der Waals surface area contributed by atoms with Crippen LogP contribution in [0, 0.1) is 18.8 Å². The van der Waals surface area contributed by atoms with Crippen LogP contribution >= 0.6 is 23.4 Å². The highest BCUT2D eigenvalue weighted by Gasteiger charge is 2.74. The number of halogens is 1. The van der Waals surface area contributed by atoms with E-state index in [4.69, 9.17) is 11.6 Å². The summed E-state index contributed by atoms with van der Waals surface area (Å²) < 4.78 is 0. The third-order valence-electron chi connectivity index (χ3n) is 7.62. The van der Waals surface area contributed by atoms with E-state index in [-0.39, 0.29) is 29.8 Å². The van der Waals surface area contributed by atoms with Crippen molar-refractivity contribution in [3.05, 3.63) is 28.3 Å². The van der Waals surface area contributed by atoms with Crippen molar-refractivity contribution in [1.29, 1.82) is 0 Å². The molecule has 30 heavy (non-hydrogen) atoms. The van der Waals surface area contributed by atoms with Gasteiger partial charge in [0.2, 0.25) is 17.4 Å². The number of amides is 3. The Morgan fingerprint density at radius 1 is 1.23 bits per heavy atom. The van der Waals surface area contributed by atoms with Crippen LogP contribution in [0.2, 0.25) is 5.02 Å². The fraction of sp³-hybridized carbons (Fsp3) is 0.591. The van der Waals surface area contributed by atoms with Gasteiger partial charge in [0.1, 0.15) is 17.9 Å². The molecule has 1 aromatic carbocycles. The molecular formula is C22H27ClN3O3S+. The van der Waals surface area contributed by atoms with E-state index in [1.54, 1.807) is 17.8 Å². The maximum atomic E-state index is 13.7. The van der Waals surface area contributed by atoms with Crippen molar-refractivity contribution in [2.75, 3.05) is 17.3 Å². The number of hydrogen-bond donors (Lipinski definition) is 2. The monoisotopic (exact) mass is 448 g/mol. The first kappa shape index (κ1) is 20.3. The SMILES string of the molecule is CSCC[C@H]1[NH2+][C@@]2(C(=O)Nc3c2ccc(Cl)c3C)[C@@H]2C(=O)N(C3CCCC3)C(=O)[C@@H]21. The summed E-state index contributed by atoms with van der Waals surface area (Å²) in [6, 6.07) is 3.57. The molecule has 0 aromatic heterocycles. The number of rotatable bonds is 4. The van der Waals surface area contributed by atoms with Gasteiger partial charge in [-0.3, -0.25) is 19.3 Å². The first-order chi connectivity index (χ1) is 14.4. The second-order valence-corrected chi connectivity index (χ2v) is 10.4. The number of hydrogen-bond acceptors (Lipinski definition) is 4. The number of benzene rings is 1. The molecule has 1 saturated carbocycles. The first-order valence-corrected chi connectivity index (χ1v) is 12.5. The summed E-state index contributed by atoms with van der Waals surface area (Å²) in [6.07, 6.45) is 6.67. The van der Waals surface area contributed by atoms with Crippen molar-refractivity contribution in [2.24, 2.45) is 11.8 Å². The van der Waals surface area contributed by atoms with Crippen molar-refractivity contribution in [3.63, 3.8) is 0 Å². The summed E-state index contributed by atoms with van der Waals surface area (Å²) in [7, 11) is 0. The van der Waals surface area contributed by atoms with Crippen molar-refractivity contribution < 1.29 is 19.7 Å². The van der Waals surface area contributed by atoms with E-state index < -0.39 is 17.4 Å². The molecule has 1 aromatic rings. The standard InChI is InChI=1S/C22H26ClN3O3S/c1-11-14(23)8-7-13-18(11)24-21(29)22(13)17-16(15(25-22)9-10-30-2)19(27)26(20(17)28)12-5-3-4-6-12/h7-8,12,15-17,25H,3-6,9-10H2,1-2H3,(H,24,29)/p+1/t15-,16-,17+,22-/m1/s1. The molecule has 1 spiro atoms. The van der Waals surface area contributed by atoms with Gasteiger partial charge in [0.15, 0.2) is 0 Å². The van der Waals surface area contributed by atoms with Gasteiger partial charge >= 0.3 is 0 Å². The number of anilines is 1. The maximum Gasteiger partial charge on any atom is 0.291 e. The highest BCUT2D eigenvalue weighted by atomic mass is 35.5. The lowest BCUT2D eigenvalue weighted by Gasteiger charge is -2.28. The molecule has 6 nitrogen and oxygen atoms in total. The third-order valence-corrected chi connectivity index (χ3v) is 8.67. The predicted molar refractivity (Wildman–Crippen MR) is 116 cm³/mol. The summed E-state index contributed by atoms with van der Waals surface area (Å²) in [5, 5.41) is 5.61. The van der Waals surface area contributed by atoms with E-state index in [1.807, 2.05) is 24.6 Å². The second-order valence-electron chi connectivity index (χ2n) is 9.02. The van der Waals surface area contributed by atoms with E-state index in [0.717, 1.165) is 49.0 Å². The molecule has 8 heteroatoms. The van der Waals surface area contributed by atoms with Crippen LogP contribution in [-0.2, 0) is 19.9 Å². The number of fused-ring (bicyclic) bond motifs is 4. The van der Waals surface area contributed by atoms with Gasteiger partial charge in [-0.2, -0.15) is 11.8 Å². The zero-order valence-electron chi connectivity index (χ0n) is 17.2. The van der Waals surface area contributed by atoms with Gasteiger partial charge in [-0.15, -0.1) is 0 Å². The average molecular weight is 449 g/mol. The summed E-state index contributed by atoms with van der Waals surface area (Å²) in [4.78, 5) is 42.3. The van der Waals surface area contributed by atoms with Crippen molar-refractivity contribution in [3.8, 4) is 0 Å². The average Bonchev–Trinajstić information content (AvgIpc) is 3.46. The fourth-order valence-corrected chi connectivity index (χ4v) is 6.88. The Morgan fingerprint density at radius 2 is 1.97 bits per heavy atom. The molecule has 1 aliphatic carbocycles. The lowest BCUT2D eigenvalue weighted by molar-refractivity contribution is -0.733. The summed E-state index contributed by atoms with van der Waals surface area (Å²) in [5.41, 5.74) is 1.22. The summed E-state index contributed by atoms with van der Waals surface area (Å²) in [6.45, 7) is 1.88. The van der Waals surface area contributed by atoms with Gasteiger partial charge in [-0.05, 0) is 49.5 Å². The molecule has 3 aliphatic heterocycles. The maximum absolute atomic E-state index is 13.7. The minimum absolute atomic E-state index is 0.00950. The van der Waals surface area contributed by atoms with E-state index >= 15 is 0 Å². The second kappa shape index (κ2) is 7.24.